The van der Waals surface area contributed by atoms with Crippen LogP contribution in [0.25, 0.3) is 0 Å². The molecule has 0 unspecified atom stereocenters. The number of rotatable bonds is 6. The van der Waals surface area contributed by atoms with Gasteiger partial charge in [-0.1, -0.05) is 30.3 Å². The van der Waals surface area contributed by atoms with Crippen molar-refractivity contribution in [2.24, 2.45) is 0 Å². The second kappa shape index (κ2) is 6.94. The minimum absolute atomic E-state index is 0.351. The first kappa shape index (κ1) is 18.8. The molecule has 3 rings (SSSR count). The van der Waals surface area contributed by atoms with Crippen LogP contribution >= 0.6 is 0 Å². The highest BCUT2D eigenvalue weighted by Crippen LogP contribution is 2.40. The first-order valence-electron chi connectivity index (χ1n) is 8.19. The van der Waals surface area contributed by atoms with E-state index in [9.17, 15) is 8.42 Å². The lowest BCUT2D eigenvalue weighted by Crippen LogP contribution is -2.43. The monoisotopic (exact) mass is 372 g/mol. The van der Waals surface area contributed by atoms with Crippen LogP contribution in [0.15, 0.2) is 30.3 Å². The number of hydrogen-bond donors (Lipinski definition) is 0. The van der Waals surface area contributed by atoms with Gasteiger partial charge in [0.2, 0.25) is 0 Å². The number of benzene rings is 1. The Morgan fingerprint density at radius 3 is 2.52 bits per heavy atom. The highest BCUT2D eigenvalue weighted by Gasteiger charge is 2.57. The maximum absolute atomic E-state index is 11.5. The Morgan fingerprint density at radius 1 is 1.20 bits per heavy atom. The Morgan fingerprint density at radius 2 is 1.88 bits per heavy atom. The molecule has 0 radical (unpaired) electrons. The molecule has 0 saturated carbocycles. The fraction of sp³-hybridized carbons (Fsp3) is 0.647. The van der Waals surface area contributed by atoms with E-state index in [1.165, 1.54) is 0 Å². The molecule has 2 fully saturated rings. The molecule has 5 atom stereocenters. The number of hydrogen-bond acceptors (Lipinski definition) is 7. The van der Waals surface area contributed by atoms with E-state index in [0.717, 1.165) is 11.8 Å². The van der Waals surface area contributed by atoms with Gasteiger partial charge in [0.1, 0.15) is 24.4 Å². The SMILES string of the molecule is C[C@@H](OS(C)(=O)=O)[C@H]1O[C@@H]2OC(C)(C)O[C@@H]2[C@@H]1OCc1ccccc1. The maximum Gasteiger partial charge on any atom is 0.264 e. The predicted octanol–water partition coefficient (Wildman–Crippen LogP) is 1.81. The van der Waals surface area contributed by atoms with Crippen molar-refractivity contribution in [3.05, 3.63) is 35.9 Å². The van der Waals surface area contributed by atoms with Crippen molar-refractivity contribution in [2.75, 3.05) is 6.26 Å². The van der Waals surface area contributed by atoms with Gasteiger partial charge in [0.25, 0.3) is 10.1 Å². The van der Waals surface area contributed by atoms with Crippen molar-refractivity contribution in [3.63, 3.8) is 0 Å². The summed E-state index contributed by atoms with van der Waals surface area (Å²) >= 11 is 0. The predicted molar refractivity (Wildman–Crippen MR) is 89.1 cm³/mol. The summed E-state index contributed by atoms with van der Waals surface area (Å²) in [6.45, 7) is 5.59. The summed E-state index contributed by atoms with van der Waals surface area (Å²) in [5.74, 6) is -0.782. The van der Waals surface area contributed by atoms with Crippen LogP contribution in [0.4, 0.5) is 0 Å². The van der Waals surface area contributed by atoms with Crippen LogP contribution in [0.2, 0.25) is 0 Å². The first-order valence-corrected chi connectivity index (χ1v) is 10.0. The highest BCUT2D eigenvalue weighted by molar-refractivity contribution is 7.86. The first-order chi connectivity index (χ1) is 11.6. The smallest absolute Gasteiger partial charge is 0.264 e. The molecule has 1 aromatic carbocycles. The summed E-state index contributed by atoms with van der Waals surface area (Å²) in [6.07, 6.45) is -1.92. The summed E-state index contributed by atoms with van der Waals surface area (Å²) in [7, 11) is -3.62. The Kier molecular flexibility index (Phi) is 5.21. The second-order valence-electron chi connectivity index (χ2n) is 6.84. The molecule has 0 spiro atoms. The average Bonchev–Trinajstić information content (AvgIpc) is 2.96. The van der Waals surface area contributed by atoms with Gasteiger partial charge in [-0.15, -0.1) is 0 Å². The summed E-state index contributed by atoms with van der Waals surface area (Å²) in [6, 6.07) is 9.69. The van der Waals surface area contributed by atoms with Gasteiger partial charge in [0.05, 0.1) is 12.9 Å². The average molecular weight is 372 g/mol. The van der Waals surface area contributed by atoms with Crippen molar-refractivity contribution < 1.29 is 31.5 Å². The molecule has 2 aliphatic heterocycles. The quantitative estimate of drug-likeness (QED) is 0.705. The lowest BCUT2D eigenvalue weighted by molar-refractivity contribution is -0.227. The second-order valence-corrected chi connectivity index (χ2v) is 8.44. The molecule has 0 amide bonds. The van der Waals surface area contributed by atoms with E-state index < -0.39 is 46.6 Å². The Bertz CT molecular complexity index is 688. The topological polar surface area (TPSA) is 80.3 Å². The Labute approximate surface area is 148 Å². The lowest BCUT2D eigenvalue weighted by Gasteiger charge is -2.28. The third kappa shape index (κ3) is 4.58. The molecule has 1 aromatic rings. The summed E-state index contributed by atoms with van der Waals surface area (Å²) < 4.78 is 51.5. The molecule has 0 aliphatic carbocycles. The van der Waals surface area contributed by atoms with Gasteiger partial charge in [-0.2, -0.15) is 8.42 Å². The van der Waals surface area contributed by atoms with E-state index in [4.69, 9.17) is 23.1 Å². The fourth-order valence-electron chi connectivity index (χ4n) is 3.17. The summed E-state index contributed by atoms with van der Waals surface area (Å²) in [5, 5.41) is 0. The normalized spacial score (nSPS) is 32.5. The molecule has 0 bridgehead atoms. The highest BCUT2D eigenvalue weighted by atomic mass is 32.2. The molecule has 25 heavy (non-hydrogen) atoms. The van der Waals surface area contributed by atoms with E-state index in [0.29, 0.717) is 6.61 Å². The van der Waals surface area contributed by atoms with Gasteiger partial charge >= 0.3 is 0 Å². The molecule has 0 aromatic heterocycles. The van der Waals surface area contributed by atoms with E-state index in [-0.39, 0.29) is 0 Å². The minimum Gasteiger partial charge on any atom is -0.368 e. The molecule has 2 saturated heterocycles. The van der Waals surface area contributed by atoms with Gasteiger partial charge in [-0.05, 0) is 26.3 Å². The van der Waals surface area contributed by atoms with Crippen LogP contribution < -0.4 is 0 Å². The maximum atomic E-state index is 11.5. The molecule has 2 aliphatic rings. The zero-order valence-corrected chi connectivity index (χ0v) is 15.6. The van der Waals surface area contributed by atoms with Crippen molar-refractivity contribution in [3.8, 4) is 0 Å². The van der Waals surface area contributed by atoms with Gasteiger partial charge < -0.3 is 18.9 Å². The van der Waals surface area contributed by atoms with E-state index in [2.05, 4.69) is 0 Å². The van der Waals surface area contributed by atoms with Crippen molar-refractivity contribution in [1.82, 2.24) is 0 Å². The van der Waals surface area contributed by atoms with Crippen LogP contribution in [-0.4, -0.2) is 51.2 Å². The Hall–Kier alpha value is -1.03. The minimum atomic E-state index is -3.62. The van der Waals surface area contributed by atoms with Crippen molar-refractivity contribution in [2.45, 2.75) is 63.9 Å². The summed E-state index contributed by atoms with van der Waals surface area (Å²) in [5.41, 5.74) is 1.000. The van der Waals surface area contributed by atoms with Gasteiger partial charge in [-0.25, -0.2) is 0 Å². The zero-order valence-electron chi connectivity index (χ0n) is 14.7. The molecule has 8 heteroatoms. The van der Waals surface area contributed by atoms with Crippen LogP contribution in [0, 0.1) is 0 Å². The molecular formula is C17H24O7S. The van der Waals surface area contributed by atoms with Gasteiger partial charge in [0, 0.05) is 0 Å². The van der Waals surface area contributed by atoms with Crippen LogP contribution in [0.5, 0.6) is 0 Å². The largest absolute Gasteiger partial charge is 0.368 e. The van der Waals surface area contributed by atoms with Gasteiger partial charge in [0.15, 0.2) is 12.1 Å². The molecule has 0 N–H and O–H groups in total. The third-order valence-electron chi connectivity index (χ3n) is 4.10. The summed E-state index contributed by atoms with van der Waals surface area (Å²) in [4.78, 5) is 0. The molecular weight excluding hydrogens is 348 g/mol. The zero-order chi connectivity index (χ0) is 18.2. The molecule has 7 nitrogen and oxygen atoms in total. The lowest BCUT2D eigenvalue weighted by atomic mass is 10.1. The molecule has 140 valence electrons. The van der Waals surface area contributed by atoms with Crippen LogP contribution in [-0.2, 0) is 39.9 Å². The van der Waals surface area contributed by atoms with Crippen LogP contribution in [0.1, 0.15) is 26.3 Å². The van der Waals surface area contributed by atoms with Crippen LogP contribution in [0.3, 0.4) is 0 Å². The van der Waals surface area contributed by atoms with E-state index >= 15 is 0 Å². The third-order valence-corrected chi connectivity index (χ3v) is 4.75. The van der Waals surface area contributed by atoms with E-state index in [1.54, 1.807) is 20.8 Å². The number of ether oxygens (including phenoxy) is 4. The number of fused-ring (bicyclic) bond motifs is 1. The van der Waals surface area contributed by atoms with Crippen molar-refractivity contribution in [1.29, 1.82) is 0 Å². The molecule has 2 heterocycles. The van der Waals surface area contributed by atoms with Crippen molar-refractivity contribution >= 4 is 10.1 Å². The standard InChI is InChI=1S/C17H24O7S/c1-11(24-25(4,18)19)13-14(20-10-12-8-6-5-7-9-12)15-16(21-13)23-17(2,3)22-15/h5-9,11,13-16H,10H2,1-4H3/t11-,13-,14-,15-,16-/m1/s1. The Balaban J connectivity index is 1.75. The fourth-order valence-corrected chi connectivity index (χ4v) is 3.83. The van der Waals surface area contributed by atoms with Gasteiger partial charge in [-0.3, -0.25) is 4.18 Å². The van der Waals surface area contributed by atoms with E-state index in [1.807, 2.05) is 30.3 Å².